The number of aryl methyl sites for hydroxylation is 1. The molecule has 2 heterocycles. The number of thiophene rings is 1. The smallest absolute Gasteiger partial charge is 0.150 e. The second-order valence-corrected chi connectivity index (χ2v) is 5.63. The minimum Gasteiger partial charge on any atom is -0.394 e. The molecule has 2 aromatic rings. The van der Waals surface area contributed by atoms with Crippen molar-refractivity contribution in [2.75, 3.05) is 17.7 Å². The van der Waals surface area contributed by atoms with Crippen LogP contribution in [0.1, 0.15) is 31.1 Å². The number of nitrogen functional groups attached to an aromatic ring is 1. The fourth-order valence-corrected chi connectivity index (χ4v) is 2.68. The van der Waals surface area contributed by atoms with Crippen molar-refractivity contribution in [3.8, 4) is 0 Å². The monoisotopic (exact) mass is 264 g/mol. The summed E-state index contributed by atoms with van der Waals surface area (Å²) in [4.78, 5) is 2.16. The third-order valence-electron chi connectivity index (χ3n) is 2.96. The molecule has 2 rings (SSSR count). The van der Waals surface area contributed by atoms with Gasteiger partial charge in [-0.15, -0.1) is 0 Å². The maximum atomic E-state index is 6.15. The molecule has 5 heteroatoms. The highest BCUT2D eigenvalue weighted by Crippen LogP contribution is 2.29. The number of nitrogens with two attached hydrogens (primary N) is 1. The Morgan fingerprint density at radius 2 is 2.22 bits per heavy atom. The van der Waals surface area contributed by atoms with Crippen molar-refractivity contribution in [2.24, 2.45) is 0 Å². The van der Waals surface area contributed by atoms with Crippen LogP contribution in [0, 0.1) is 6.92 Å². The summed E-state index contributed by atoms with van der Waals surface area (Å²) in [5.41, 5.74) is 9.13. The van der Waals surface area contributed by atoms with Crippen LogP contribution in [-0.4, -0.2) is 16.8 Å². The summed E-state index contributed by atoms with van der Waals surface area (Å²) in [7, 11) is 2.06. The van der Waals surface area contributed by atoms with Gasteiger partial charge in [0, 0.05) is 19.6 Å². The number of aromatic nitrogens is 2. The van der Waals surface area contributed by atoms with Gasteiger partial charge < -0.3 is 10.6 Å². The normalized spacial score (nSPS) is 11.2. The third-order valence-corrected chi connectivity index (χ3v) is 3.69. The van der Waals surface area contributed by atoms with Crippen molar-refractivity contribution in [1.29, 1.82) is 0 Å². The van der Waals surface area contributed by atoms with E-state index >= 15 is 0 Å². The van der Waals surface area contributed by atoms with Gasteiger partial charge in [0.1, 0.15) is 0 Å². The van der Waals surface area contributed by atoms with Crippen LogP contribution < -0.4 is 10.6 Å². The first-order valence-corrected chi connectivity index (χ1v) is 7.01. The molecule has 0 amide bonds. The lowest BCUT2D eigenvalue weighted by molar-refractivity contribution is 0.525. The average Bonchev–Trinajstić information content (AvgIpc) is 2.88. The van der Waals surface area contributed by atoms with E-state index in [0.717, 1.165) is 23.7 Å². The summed E-state index contributed by atoms with van der Waals surface area (Å²) < 4.78 is 2.00. The highest BCUT2D eigenvalue weighted by molar-refractivity contribution is 7.07. The summed E-state index contributed by atoms with van der Waals surface area (Å²) >= 11 is 1.72. The number of hydrogen-bond donors (Lipinski definition) is 1. The van der Waals surface area contributed by atoms with Crippen LogP contribution in [0.4, 0.5) is 11.5 Å². The second-order valence-electron chi connectivity index (χ2n) is 4.85. The van der Waals surface area contributed by atoms with E-state index in [0.29, 0.717) is 6.04 Å². The predicted octanol–water partition coefficient (Wildman–Crippen LogP) is 3.05. The predicted molar refractivity (Wildman–Crippen MR) is 78.2 cm³/mol. The largest absolute Gasteiger partial charge is 0.394 e. The number of hydrogen-bond acceptors (Lipinski definition) is 4. The Hall–Kier alpha value is -1.49. The molecule has 0 saturated carbocycles. The lowest BCUT2D eigenvalue weighted by atomic mass is 10.3. The molecular weight excluding hydrogens is 244 g/mol. The van der Waals surface area contributed by atoms with Crippen LogP contribution in [-0.2, 0) is 6.54 Å². The van der Waals surface area contributed by atoms with Gasteiger partial charge in [0.2, 0.25) is 0 Å². The highest BCUT2D eigenvalue weighted by atomic mass is 32.1. The van der Waals surface area contributed by atoms with E-state index in [1.807, 2.05) is 11.6 Å². The molecule has 4 nitrogen and oxygen atoms in total. The van der Waals surface area contributed by atoms with Gasteiger partial charge in [-0.2, -0.15) is 16.4 Å². The number of nitrogens with zero attached hydrogens (tertiary/aromatic N) is 3. The van der Waals surface area contributed by atoms with Crippen LogP contribution in [0.2, 0.25) is 0 Å². The highest BCUT2D eigenvalue weighted by Gasteiger charge is 2.18. The first-order chi connectivity index (χ1) is 8.50. The average molecular weight is 264 g/mol. The molecule has 0 unspecified atom stereocenters. The summed E-state index contributed by atoms with van der Waals surface area (Å²) in [6.07, 6.45) is 0. The second kappa shape index (κ2) is 5.02. The van der Waals surface area contributed by atoms with Crippen LogP contribution >= 0.6 is 11.3 Å². The van der Waals surface area contributed by atoms with Crippen LogP contribution in [0.15, 0.2) is 16.8 Å². The van der Waals surface area contributed by atoms with E-state index in [-0.39, 0.29) is 0 Å². The molecule has 0 aliphatic carbocycles. The van der Waals surface area contributed by atoms with Crippen LogP contribution in [0.3, 0.4) is 0 Å². The molecule has 98 valence electrons. The molecule has 0 radical (unpaired) electrons. The van der Waals surface area contributed by atoms with Gasteiger partial charge >= 0.3 is 0 Å². The van der Waals surface area contributed by atoms with Gasteiger partial charge in [-0.25, -0.2) is 4.68 Å². The van der Waals surface area contributed by atoms with Crippen molar-refractivity contribution in [2.45, 2.75) is 33.4 Å². The van der Waals surface area contributed by atoms with E-state index in [4.69, 9.17) is 5.73 Å². The fourth-order valence-electron chi connectivity index (χ4n) is 2.02. The first-order valence-electron chi connectivity index (χ1n) is 6.07. The molecule has 0 aliphatic rings. The molecule has 2 N–H and O–H groups in total. The van der Waals surface area contributed by atoms with Gasteiger partial charge in [-0.1, -0.05) is 0 Å². The lowest BCUT2D eigenvalue weighted by Gasteiger charge is -2.22. The molecule has 0 aliphatic heterocycles. The summed E-state index contributed by atoms with van der Waals surface area (Å²) in [5.74, 6) is 1.01. The molecule has 0 spiro atoms. The maximum absolute atomic E-state index is 6.15. The molecule has 0 bridgehead atoms. The molecule has 0 fully saturated rings. The Morgan fingerprint density at radius 1 is 1.50 bits per heavy atom. The molecule has 0 saturated heterocycles. The van der Waals surface area contributed by atoms with Crippen LogP contribution in [0.5, 0.6) is 0 Å². The zero-order valence-corrected chi connectivity index (χ0v) is 12.2. The van der Waals surface area contributed by atoms with Gasteiger partial charge in [-0.05, 0) is 43.2 Å². The first kappa shape index (κ1) is 13.0. The number of rotatable bonds is 4. The lowest BCUT2D eigenvalue weighted by Crippen LogP contribution is -2.22. The Bertz CT molecular complexity index is 513. The van der Waals surface area contributed by atoms with Gasteiger partial charge in [-0.3, -0.25) is 0 Å². The summed E-state index contributed by atoms with van der Waals surface area (Å²) in [6, 6.07) is 2.45. The maximum Gasteiger partial charge on any atom is 0.150 e. The Balaban J connectivity index is 2.31. The van der Waals surface area contributed by atoms with Crippen molar-refractivity contribution in [1.82, 2.24) is 9.78 Å². The Labute approximate surface area is 112 Å². The molecule has 18 heavy (non-hydrogen) atoms. The van der Waals surface area contributed by atoms with Gasteiger partial charge in [0.05, 0.1) is 11.4 Å². The molecule has 0 aromatic carbocycles. The van der Waals surface area contributed by atoms with Crippen molar-refractivity contribution >= 4 is 22.8 Å². The van der Waals surface area contributed by atoms with Crippen molar-refractivity contribution < 1.29 is 0 Å². The standard InChI is InChI=1S/C13H20N4S/c1-9(2)17-13(12(14)10(3)15-17)16(4)7-11-5-6-18-8-11/h5-6,8-9H,7,14H2,1-4H3. The SMILES string of the molecule is Cc1nn(C(C)C)c(N(C)Cc2ccsc2)c1N. The molecular formula is C13H20N4S. The topological polar surface area (TPSA) is 47.1 Å². The zero-order valence-electron chi connectivity index (χ0n) is 11.3. The minimum atomic E-state index is 0.306. The minimum absolute atomic E-state index is 0.306. The van der Waals surface area contributed by atoms with E-state index in [9.17, 15) is 0 Å². The Kier molecular flexibility index (Phi) is 3.61. The summed E-state index contributed by atoms with van der Waals surface area (Å²) in [5, 5.41) is 8.77. The van der Waals surface area contributed by atoms with E-state index < -0.39 is 0 Å². The van der Waals surface area contributed by atoms with E-state index in [1.54, 1.807) is 11.3 Å². The van der Waals surface area contributed by atoms with Crippen molar-refractivity contribution in [3.05, 3.63) is 28.1 Å². The van der Waals surface area contributed by atoms with Gasteiger partial charge in [0.25, 0.3) is 0 Å². The van der Waals surface area contributed by atoms with E-state index in [1.165, 1.54) is 5.56 Å². The number of anilines is 2. The molecule has 2 aromatic heterocycles. The third kappa shape index (κ3) is 2.36. The van der Waals surface area contributed by atoms with E-state index in [2.05, 4.69) is 47.7 Å². The van der Waals surface area contributed by atoms with Gasteiger partial charge in [0.15, 0.2) is 5.82 Å². The zero-order chi connectivity index (χ0) is 13.3. The summed E-state index contributed by atoms with van der Waals surface area (Å²) in [6.45, 7) is 7.04. The van der Waals surface area contributed by atoms with Crippen LogP contribution in [0.25, 0.3) is 0 Å². The Morgan fingerprint density at radius 3 is 2.78 bits per heavy atom. The fraction of sp³-hybridized carbons (Fsp3) is 0.462. The quantitative estimate of drug-likeness (QED) is 0.923. The van der Waals surface area contributed by atoms with Crippen molar-refractivity contribution in [3.63, 3.8) is 0 Å². The molecule has 0 atom stereocenters.